The standard InChI is InChI=1S/C18H35N3O2/c1-13-11-20(6)14(2)10-16(13)19-15-8-7-9-21(12-15)17(22)23-18(3,4)5/h13-16,19H,7-12H2,1-6H3. The van der Waals surface area contributed by atoms with Crippen LogP contribution in [0.4, 0.5) is 4.79 Å². The topological polar surface area (TPSA) is 44.8 Å². The van der Waals surface area contributed by atoms with Gasteiger partial charge in [0.15, 0.2) is 0 Å². The van der Waals surface area contributed by atoms with E-state index in [1.54, 1.807) is 0 Å². The lowest BCUT2D eigenvalue weighted by molar-refractivity contribution is 0.0169. The van der Waals surface area contributed by atoms with Crippen molar-refractivity contribution in [3.8, 4) is 0 Å². The Morgan fingerprint density at radius 3 is 2.57 bits per heavy atom. The van der Waals surface area contributed by atoms with Crippen LogP contribution in [0.5, 0.6) is 0 Å². The fourth-order valence-electron chi connectivity index (χ4n) is 3.68. The molecule has 2 aliphatic rings. The molecule has 2 rings (SSSR count). The molecule has 2 heterocycles. The van der Waals surface area contributed by atoms with Crippen LogP contribution in [0.2, 0.25) is 0 Å². The van der Waals surface area contributed by atoms with Gasteiger partial charge in [0, 0.05) is 37.8 Å². The quantitative estimate of drug-likeness (QED) is 0.848. The van der Waals surface area contributed by atoms with Crippen molar-refractivity contribution < 1.29 is 9.53 Å². The minimum atomic E-state index is -0.421. The Balaban J connectivity index is 1.87. The first kappa shape index (κ1) is 18.5. The molecule has 0 bridgehead atoms. The first-order valence-corrected chi connectivity index (χ1v) is 9.10. The third-order valence-electron chi connectivity index (χ3n) is 5.13. The van der Waals surface area contributed by atoms with E-state index in [2.05, 4.69) is 31.1 Å². The first-order chi connectivity index (χ1) is 10.7. The van der Waals surface area contributed by atoms with E-state index in [-0.39, 0.29) is 6.09 Å². The molecule has 4 atom stereocenters. The summed E-state index contributed by atoms with van der Waals surface area (Å²) in [6, 6.07) is 1.55. The van der Waals surface area contributed by atoms with Gasteiger partial charge < -0.3 is 19.9 Å². The van der Waals surface area contributed by atoms with Crippen LogP contribution in [0.3, 0.4) is 0 Å². The van der Waals surface area contributed by atoms with Gasteiger partial charge >= 0.3 is 6.09 Å². The number of nitrogens with one attached hydrogen (secondary N) is 1. The van der Waals surface area contributed by atoms with Crippen LogP contribution in [-0.4, -0.2) is 66.3 Å². The van der Waals surface area contributed by atoms with E-state index in [0.29, 0.717) is 24.0 Å². The summed E-state index contributed by atoms with van der Waals surface area (Å²) in [6.07, 6.45) is 3.20. The van der Waals surface area contributed by atoms with E-state index >= 15 is 0 Å². The Hall–Kier alpha value is -0.810. The second-order valence-corrected chi connectivity index (χ2v) is 8.54. The first-order valence-electron chi connectivity index (χ1n) is 9.10. The van der Waals surface area contributed by atoms with Gasteiger partial charge in [-0.2, -0.15) is 0 Å². The number of amides is 1. The van der Waals surface area contributed by atoms with E-state index in [1.165, 1.54) is 6.42 Å². The lowest BCUT2D eigenvalue weighted by Gasteiger charge is -2.43. The van der Waals surface area contributed by atoms with Crippen LogP contribution in [-0.2, 0) is 4.74 Å². The maximum absolute atomic E-state index is 12.3. The van der Waals surface area contributed by atoms with Crippen molar-refractivity contribution in [2.45, 2.75) is 77.6 Å². The molecular formula is C18H35N3O2. The van der Waals surface area contributed by atoms with E-state index in [1.807, 2.05) is 25.7 Å². The van der Waals surface area contributed by atoms with Crippen molar-refractivity contribution in [3.05, 3.63) is 0 Å². The predicted octanol–water partition coefficient (Wildman–Crippen LogP) is 2.70. The molecule has 5 nitrogen and oxygen atoms in total. The molecule has 0 spiro atoms. The van der Waals surface area contributed by atoms with Gasteiger partial charge in [0.25, 0.3) is 0 Å². The molecule has 5 heteroatoms. The molecule has 4 unspecified atom stereocenters. The number of likely N-dealkylation sites (tertiary alicyclic amines) is 2. The smallest absolute Gasteiger partial charge is 0.410 e. The van der Waals surface area contributed by atoms with Crippen LogP contribution in [0, 0.1) is 5.92 Å². The molecule has 1 N–H and O–H groups in total. The van der Waals surface area contributed by atoms with E-state index in [9.17, 15) is 4.79 Å². The molecule has 1 amide bonds. The van der Waals surface area contributed by atoms with E-state index in [0.717, 1.165) is 32.5 Å². The van der Waals surface area contributed by atoms with Gasteiger partial charge in [-0.15, -0.1) is 0 Å². The Kier molecular flexibility index (Phi) is 5.95. The fourth-order valence-corrected chi connectivity index (χ4v) is 3.68. The molecule has 2 saturated heterocycles. The summed E-state index contributed by atoms with van der Waals surface area (Å²) in [4.78, 5) is 16.6. The van der Waals surface area contributed by atoms with Gasteiger partial charge in [-0.1, -0.05) is 6.92 Å². The summed E-state index contributed by atoms with van der Waals surface area (Å²) in [6.45, 7) is 13.1. The lowest BCUT2D eigenvalue weighted by Crippen LogP contribution is -2.57. The van der Waals surface area contributed by atoms with Crippen LogP contribution < -0.4 is 5.32 Å². The monoisotopic (exact) mass is 325 g/mol. The highest BCUT2D eigenvalue weighted by molar-refractivity contribution is 5.68. The number of ether oxygens (including phenoxy) is 1. The summed E-state index contributed by atoms with van der Waals surface area (Å²) in [5, 5.41) is 3.83. The van der Waals surface area contributed by atoms with Gasteiger partial charge in [-0.25, -0.2) is 4.79 Å². The highest BCUT2D eigenvalue weighted by Gasteiger charge is 2.33. The molecule has 0 aromatic heterocycles. The van der Waals surface area contributed by atoms with Crippen molar-refractivity contribution in [1.29, 1.82) is 0 Å². The van der Waals surface area contributed by atoms with Gasteiger partial charge in [0.2, 0.25) is 0 Å². The van der Waals surface area contributed by atoms with E-state index < -0.39 is 5.60 Å². The fraction of sp³-hybridized carbons (Fsp3) is 0.944. The number of hydrogen-bond acceptors (Lipinski definition) is 4. The van der Waals surface area contributed by atoms with Gasteiger partial charge in [-0.05, 0) is 59.9 Å². The van der Waals surface area contributed by atoms with Crippen LogP contribution in [0.1, 0.15) is 53.9 Å². The largest absolute Gasteiger partial charge is 0.444 e. The number of carbonyl (C=O) groups is 1. The number of nitrogens with zero attached hydrogens (tertiary/aromatic N) is 2. The lowest BCUT2D eigenvalue weighted by atomic mass is 9.88. The minimum Gasteiger partial charge on any atom is -0.444 e. The number of rotatable bonds is 2. The highest BCUT2D eigenvalue weighted by atomic mass is 16.6. The molecule has 2 fully saturated rings. The van der Waals surface area contributed by atoms with Crippen molar-refractivity contribution >= 4 is 6.09 Å². The maximum atomic E-state index is 12.3. The maximum Gasteiger partial charge on any atom is 0.410 e. The van der Waals surface area contributed by atoms with Crippen molar-refractivity contribution in [3.63, 3.8) is 0 Å². The van der Waals surface area contributed by atoms with Crippen LogP contribution in [0.25, 0.3) is 0 Å². The zero-order valence-corrected chi connectivity index (χ0v) is 15.8. The summed E-state index contributed by atoms with van der Waals surface area (Å²) < 4.78 is 5.52. The Morgan fingerprint density at radius 1 is 1.22 bits per heavy atom. The second-order valence-electron chi connectivity index (χ2n) is 8.54. The average molecular weight is 325 g/mol. The zero-order valence-electron chi connectivity index (χ0n) is 15.8. The van der Waals surface area contributed by atoms with E-state index in [4.69, 9.17) is 4.74 Å². The predicted molar refractivity (Wildman–Crippen MR) is 93.6 cm³/mol. The molecule has 23 heavy (non-hydrogen) atoms. The third-order valence-corrected chi connectivity index (χ3v) is 5.13. The number of carbonyl (C=O) groups excluding carboxylic acids is 1. The van der Waals surface area contributed by atoms with Gasteiger partial charge in [-0.3, -0.25) is 0 Å². The summed E-state index contributed by atoms with van der Waals surface area (Å²) in [5.41, 5.74) is -0.421. The minimum absolute atomic E-state index is 0.172. The van der Waals surface area contributed by atoms with Crippen molar-refractivity contribution in [2.75, 3.05) is 26.7 Å². The SMILES string of the molecule is CC1CN(C)C(C)CC1NC1CCCN(C(=O)OC(C)(C)C)C1. The third kappa shape index (κ3) is 5.35. The Bertz CT molecular complexity index is 408. The molecule has 0 saturated carbocycles. The highest BCUT2D eigenvalue weighted by Crippen LogP contribution is 2.23. The van der Waals surface area contributed by atoms with Gasteiger partial charge in [0.05, 0.1) is 0 Å². The van der Waals surface area contributed by atoms with Crippen molar-refractivity contribution in [1.82, 2.24) is 15.1 Å². The Labute approximate surface area is 141 Å². The molecule has 134 valence electrons. The molecule has 0 radical (unpaired) electrons. The Morgan fingerprint density at radius 2 is 1.91 bits per heavy atom. The summed E-state index contributed by atoms with van der Waals surface area (Å²) in [7, 11) is 2.21. The van der Waals surface area contributed by atoms with Gasteiger partial charge in [0.1, 0.15) is 5.60 Å². The normalized spacial score (nSPS) is 33.6. The van der Waals surface area contributed by atoms with Crippen LogP contribution in [0.15, 0.2) is 0 Å². The molecule has 0 aliphatic carbocycles. The van der Waals surface area contributed by atoms with Crippen molar-refractivity contribution in [2.24, 2.45) is 5.92 Å². The molecule has 0 aromatic rings. The second kappa shape index (κ2) is 7.39. The molecular weight excluding hydrogens is 290 g/mol. The zero-order chi connectivity index (χ0) is 17.2. The summed E-state index contributed by atoms with van der Waals surface area (Å²) >= 11 is 0. The van der Waals surface area contributed by atoms with Crippen LogP contribution >= 0.6 is 0 Å². The molecule has 0 aromatic carbocycles. The average Bonchev–Trinajstić information content (AvgIpc) is 2.43. The number of piperidine rings is 2. The summed E-state index contributed by atoms with van der Waals surface area (Å²) in [5.74, 6) is 0.646. The molecule has 2 aliphatic heterocycles. The number of hydrogen-bond donors (Lipinski definition) is 1.